The average molecular weight is 477 g/mol. The molecule has 0 heterocycles. The third-order valence-corrected chi connectivity index (χ3v) is 6.37. The summed E-state index contributed by atoms with van der Waals surface area (Å²) in [5.74, 6) is -0.244. The van der Waals surface area contributed by atoms with E-state index in [4.69, 9.17) is 9.47 Å². The molecule has 1 aromatic carbocycles. The molecule has 2 amide bonds. The second-order valence-corrected chi connectivity index (χ2v) is 9.16. The summed E-state index contributed by atoms with van der Waals surface area (Å²) in [5.41, 5.74) is 0.883. The van der Waals surface area contributed by atoms with E-state index in [2.05, 4.69) is 12.2 Å². The molecule has 0 aromatic heterocycles. The maximum absolute atomic E-state index is 12.9. The van der Waals surface area contributed by atoms with E-state index in [9.17, 15) is 14.7 Å². The Kier molecular flexibility index (Phi) is 13.5. The number of nitrogens with one attached hydrogen (secondary N) is 1. The van der Waals surface area contributed by atoms with Crippen LogP contribution in [0.25, 0.3) is 0 Å². The third-order valence-electron chi connectivity index (χ3n) is 6.37. The fourth-order valence-corrected chi connectivity index (χ4v) is 4.36. The van der Waals surface area contributed by atoms with Gasteiger partial charge in [0.2, 0.25) is 0 Å². The summed E-state index contributed by atoms with van der Waals surface area (Å²) in [6, 6.07) is 7.74. The number of rotatable bonds is 16. The zero-order chi connectivity index (χ0) is 24.6. The van der Waals surface area contributed by atoms with Gasteiger partial charge in [-0.25, -0.2) is 9.59 Å². The first-order valence-electron chi connectivity index (χ1n) is 13.1. The minimum Gasteiger partial charge on any atom is -0.492 e. The predicted molar refractivity (Wildman–Crippen MR) is 134 cm³/mol. The van der Waals surface area contributed by atoms with Crippen molar-refractivity contribution in [3.05, 3.63) is 29.8 Å². The second kappa shape index (κ2) is 16.4. The molecule has 0 radical (unpaired) electrons. The van der Waals surface area contributed by atoms with Crippen LogP contribution >= 0.6 is 0 Å². The Morgan fingerprint density at radius 3 is 2.38 bits per heavy atom. The lowest BCUT2D eigenvalue weighted by atomic mass is 9.96. The van der Waals surface area contributed by atoms with E-state index in [1.54, 1.807) is 6.92 Å². The van der Waals surface area contributed by atoms with Crippen LogP contribution < -0.4 is 10.1 Å². The number of hydrogen-bond acceptors (Lipinski definition) is 4. The molecule has 1 unspecified atom stereocenters. The van der Waals surface area contributed by atoms with Crippen molar-refractivity contribution in [3.8, 4) is 5.75 Å². The summed E-state index contributed by atoms with van der Waals surface area (Å²) in [6.07, 6.45) is 11.1. The standard InChI is InChI=1S/C27H44N2O5/c1-3-5-6-7-11-18-29(27(32)28-23-12-9-8-10-13-23)19-20-34-24-16-14-22(15-17-24)21-25(26(30)31)33-4-2/h14-17,23,25H,3-13,18-21H2,1-2H3,(H,28,32)(H,30,31). The van der Waals surface area contributed by atoms with Gasteiger partial charge in [-0.3, -0.25) is 0 Å². The number of carbonyl (C=O) groups is 2. The largest absolute Gasteiger partial charge is 0.492 e. The number of urea groups is 1. The summed E-state index contributed by atoms with van der Waals surface area (Å²) in [5, 5.41) is 12.5. The van der Waals surface area contributed by atoms with Crippen LogP contribution in [0, 0.1) is 0 Å². The zero-order valence-corrected chi connectivity index (χ0v) is 21.1. The quantitative estimate of drug-likeness (QED) is 0.311. The Morgan fingerprint density at radius 2 is 1.74 bits per heavy atom. The fourth-order valence-electron chi connectivity index (χ4n) is 4.36. The van der Waals surface area contributed by atoms with Gasteiger partial charge in [0.25, 0.3) is 0 Å². The monoisotopic (exact) mass is 476 g/mol. The molecule has 7 nitrogen and oxygen atoms in total. The van der Waals surface area contributed by atoms with Gasteiger partial charge < -0.3 is 24.8 Å². The van der Waals surface area contributed by atoms with Gasteiger partial charge >= 0.3 is 12.0 Å². The van der Waals surface area contributed by atoms with Crippen LogP contribution in [0.4, 0.5) is 4.79 Å². The third kappa shape index (κ3) is 10.8. The van der Waals surface area contributed by atoms with Crippen LogP contribution in [-0.4, -0.2) is 60.5 Å². The van der Waals surface area contributed by atoms with Gasteiger partial charge in [-0.15, -0.1) is 0 Å². The zero-order valence-electron chi connectivity index (χ0n) is 21.1. The van der Waals surface area contributed by atoms with E-state index in [1.165, 1.54) is 38.5 Å². The minimum absolute atomic E-state index is 0.0250. The van der Waals surface area contributed by atoms with Crippen LogP contribution in [-0.2, 0) is 16.0 Å². The Balaban J connectivity index is 1.83. The average Bonchev–Trinajstić information content (AvgIpc) is 2.84. The lowest BCUT2D eigenvalue weighted by molar-refractivity contribution is -0.149. The number of carboxylic acid groups (broad SMARTS) is 1. The molecule has 0 aliphatic heterocycles. The molecular weight excluding hydrogens is 432 g/mol. The number of benzene rings is 1. The molecule has 0 saturated heterocycles. The molecule has 2 rings (SSSR count). The molecule has 1 aromatic rings. The highest BCUT2D eigenvalue weighted by molar-refractivity contribution is 5.74. The first-order valence-corrected chi connectivity index (χ1v) is 13.1. The topological polar surface area (TPSA) is 88.1 Å². The summed E-state index contributed by atoms with van der Waals surface area (Å²) >= 11 is 0. The van der Waals surface area contributed by atoms with E-state index in [1.807, 2.05) is 29.2 Å². The van der Waals surface area contributed by atoms with Crippen molar-refractivity contribution < 1.29 is 24.2 Å². The van der Waals surface area contributed by atoms with E-state index >= 15 is 0 Å². The molecule has 1 aliphatic rings. The number of nitrogens with zero attached hydrogens (tertiary/aromatic N) is 1. The van der Waals surface area contributed by atoms with Crippen LogP contribution in [0.3, 0.4) is 0 Å². The number of unbranched alkanes of at least 4 members (excludes halogenated alkanes) is 4. The van der Waals surface area contributed by atoms with Crippen molar-refractivity contribution in [2.45, 2.75) is 96.6 Å². The van der Waals surface area contributed by atoms with E-state index < -0.39 is 12.1 Å². The number of ether oxygens (including phenoxy) is 2. The molecule has 2 N–H and O–H groups in total. The summed E-state index contributed by atoms with van der Waals surface area (Å²) in [7, 11) is 0. The van der Waals surface area contributed by atoms with E-state index in [0.717, 1.165) is 37.8 Å². The highest BCUT2D eigenvalue weighted by Crippen LogP contribution is 2.18. The van der Waals surface area contributed by atoms with Gasteiger partial charge in [-0.1, -0.05) is 64.0 Å². The van der Waals surface area contributed by atoms with Gasteiger partial charge in [0.1, 0.15) is 12.4 Å². The smallest absolute Gasteiger partial charge is 0.333 e. The van der Waals surface area contributed by atoms with Gasteiger partial charge in [0.05, 0.1) is 6.54 Å². The van der Waals surface area contributed by atoms with E-state index in [0.29, 0.717) is 38.0 Å². The number of aliphatic carboxylic acids is 1. The van der Waals surface area contributed by atoms with Crippen molar-refractivity contribution in [1.29, 1.82) is 0 Å². The molecule has 1 atom stereocenters. The number of carbonyl (C=O) groups excluding carboxylic acids is 1. The fraction of sp³-hybridized carbons (Fsp3) is 0.704. The second-order valence-electron chi connectivity index (χ2n) is 9.16. The molecule has 192 valence electrons. The molecule has 0 bridgehead atoms. The highest BCUT2D eigenvalue weighted by atomic mass is 16.5. The predicted octanol–water partition coefficient (Wildman–Crippen LogP) is 5.41. The first-order chi connectivity index (χ1) is 16.5. The Bertz CT molecular complexity index is 703. The molecular formula is C27H44N2O5. The van der Waals surface area contributed by atoms with Crippen molar-refractivity contribution in [1.82, 2.24) is 10.2 Å². The van der Waals surface area contributed by atoms with Gasteiger partial charge in [0, 0.05) is 25.6 Å². The lowest BCUT2D eigenvalue weighted by Gasteiger charge is -2.28. The summed E-state index contributed by atoms with van der Waals surface area (Å²) < 4.78 is 11.2. The van der Waals surface area contributed by atoms with Crippen LogP contribution in [0.1, 0.15) is 83.6 Å². The minimum atomic E-state index is -0.955. The molecule has 1 saturated carbocycles. The van der Waals surface area contributed by atoms with Gasteiger partial charge in [0.15, 0.2) is 6.10 Å². The molecule has 1 aliphatic carbocycles. The van der Waals surface area contributed by atoms with Crippen LogP contribution in [0.15, 0.2) is 24.3 Å². The summed E-state index contributed by atoms with van der Waals surface area (Å²) in [4.78, 5) is 26.1. The highest BCUT2D eigenvalue weighted by Gasteiger charge is 2.20. The Morgan fingerprint density at radius 1 is 1.03 bits per heavy atom. The van der Waals surface area contributed by atoms with Crippen molar-refractivity contribution in [2.75, 3.05) is 26.3 Å². The normalized spacial score (nSPS) is 15.0. The van der Waals surface area contributed by atoms with E-state index in [-0.39, 0.29) is 6.03 Å². The number of amides is 2. The van der Waals surface area contributed by atoms with Gasteiger partial charge in [-0.2, -0.15) is 0 Å². The first kappa shape index (κ1) is 28.0. The number of carboxylic acids is 1. The van der Waals surface area contributed by atoms with Gasteiger partial charge in [-0.05, 0) is 43.9 Å². The van der Waals surface area contributed by atoms with Crippen LogP contribution in [0.2, 0.25) is 0 Å². The van der Waals surface area contributed by atoms with Crippen molar-refractivity contribution in [3.63, 3.8) is 0 Å². The van der Waals surface area contributed by atoms with Crippen molar-refractivity contribution in [2.24, 2.45) is 0 Å². The number of hydrogen-bond donors (Lipinski definition) is 2. The summed E-state index contributed by atoms with van der Waals surface area (Å²) in [6.45, 7) is 6.07. The Hall–Kier alpha value is -2.28. The van der Waals surface area contributed by atoms with Crippen LogP contribution in [0.5, 0.6) is 5.75 Å². The molecule has 34 heavy (non-hydrogen) atoms. The maximum Gasteiger partial charge on any atom is 0.333 e. The molecule has 0 spiro atoms. The molecule has 1 fully saturated rings. The maximum atomic E-state index is 12.9. The Labute approximate surface area is 205 Å². The molecule has 7 heteroatoms. The lowest BCUT2D eigenvalue weighted by Crippen LogP contribution is -2.47. The van der Waals surface area contributed by atoms with Crippen molar-refractivity contribution >= 4 is 12.0 Å². The SMILES string of the molecule is CCCCCCCN(CCOc1ccc(CC(OCC)C(=O)O)cc1)C(=O)NC1CCCCC1.